The van der Waals surface area contributed by atoms with Gasteiger partial charge in [-0.3, -0.25) is 4.79 Å². The summed E-state index contributed by atoms with van der Waals surface area (Å²) in [6, 6.07) is 6.43. The van der Waals surface area contributed by atoms with Crippen LogP contribution in [-0.2, 0) is 0 Å². The van der Waals surface area contributed by atoms with Crippen LogP contribution in [0.25, 0.3) is 6.08 Å². The average Bonchev–Trinajstić information content (AvgIpc) is 2.64. The molecule has 0 unspecified atom stereocenters. The molecule has 2 rings (SSSR count). The number of methoxy groups -OCH3 is 2. The number of hydrogen-bond donors (Lipinski definition) is 2. The van der Waals surface area contributed by atoms with Crippen LogP contribution >= 0.6 is 0 Å². The summed E-state index contributed by atoms with van der Waals surface area (Å²) in [4.78, 5) is 13.0. The number of aromatic hydroxyl groups is 2. The third kappa shape index (κ3) is 5.22. The van der Waals surface area contributed by atoms with Crippen molar-refractivity contribution in [2.45, 2.75) is 39.7 Å². The lowest BCUT2D eigenvalue weighted by Gasteiger charge is -2.21. The Morgan fingerprint density at radius 3 is 2.00 bits per heavy atom. The van der Waals surface area contributed by atoms with E-state index in [0.29, 0.717) is 22.6 Å². The van der Waals surface area contributed by atoms with Gasteiger partial charge >= 0.3 is 0 Å². The lowest BCUT2D eigenvalue weighted by atomic mass is 9.94. The van der Waals surface area contributed by atoms with Crippen molar-refractivity contribution in [3.05, 3.63) is 47.0 Å². The Labute approximate surface area is 171 Å². The molecule has 0 radical (unpaired) electrons. The number of carbonyl (C=O) groups is 1. The Kier molecular flexibility index (Phi) is 7.15. The van der Waals surface area contributed by atoms with Crippen molar-refractivity contribution in [2.24, 2.45) is 0 Å². The highest BCUT2D eigenvalue weighted by molar-refractivity contribution is 6.11. The molecule has 2 N–H and O–H groups in total. The van der Waals surface area contributed by atoms with Crippen LogP contribution in [0.2, 0.25) is 0 Å². The van der Waals surface area contributed by atoms with E-state index >= 15 is 0 Å². The molecule has 0 amide bonds. The molecular weight excluding hydrogens is 372 g/mol. The van der Waals surface area contributed by atoms with Gasteiger partial charge in [0.1, 0.15) is 34.3 Å². The number of phenols is 2. The lowest BCUT2D eigenvalue weighted by molar-refractivity contribution is 0.103. The summed E-state index contributed by atoms with van der Waals surface area (Å²) in [7, 11) is 3.09. The molecule has 29 heavy (non-hydrogen) atoms. The first-order valence-corrected chi connectivity index (χ1v) is 9.38. The highest BCUT2D eigenvalue weighted by atomic mass is 16.5. The van der Waals surface area contributed by atoms with Gasteiger partial charge in [0.2, 0.25) is 0 Å². The second-order valence-electron chi connectivity index (χ2n) is 7.20. The van der Waals surface area contributed by atoms with Gasteiger partial charge in [-0.2, -0.15) is 0 Å². The molecule has 0 aliphatic heterocycles. The molecule has 0 fully saturated rings. The molecule has 0 saturated heterocycles. The third-order valence-corrected chi connectivity index (χ3v) is 4.26. The molecule has 156 valence electrons. The van der Waals surface area contributed by atoms with Crippen LogP contribution in [0, 0.1) is 0 Å². The van der Waals surface area contributed by atoms with E-state index in [1.54, 1.807) is 38.5 Å². The number of benzene rings is 2. The van der Waals surface area contributed by atoms with Gasteiger partial charge in [-0.05, 0) is 43.5 Å². The van der Waals surface area contributed by atoms with Crippen LogP contribution < -0.4 is 14.2 Å². The minimum absolute atomic E-state index is 0.0197. The minimum atomic E-state index is -0.443. The first-order valence-electron chi connectivity index (χ1n) is 9.38. The molecule has 2 aromatic rings. The summed E-state index contributed by atoms with van der Waals surface area (Å²) in [6.45, 7) is 7.40. The number of ketones is 1. The SMILES string of the molecule is COc1cc(/C=C/C(=O)c2c(O)cc(O)c(C(C)C)c2OC(C)C)cc(OC)c1. The van der Waals surface area contributed by atoms with Gasteiger partial charge < -0.3 is 24.4 Å². The van der Waals surface area contributed by atoms with E-state index < -0.39 is 5.78 Å². The molecule has 0 aliphatic rings. The van der Waals surface area contributed by atoms with Crippen LogP contribution in [0.1, 0.15) is 55.1 Å². The maximum Gasteiger partial charge on any atom is 0.193 e. The molecule has 0 heterocycles. The molecule has 0 aliphatic carbocycles. The summed E-state index contributed by atoms with van der Waals surface area (Å²) in [5.74, 6) is 0.395. The Bertz CT molecular complexity index is 890. The molecule has 0 atom stereocenters. The van der Waals surface area contributed by atoms with Gasteiger partial charge in [0.25, 0.3) is 0 Å². The van der Waals surface area contributed by atoms with Crippen LogP contribution in [0.3, 0.4) is 0 Å². The molecule has 0 spiro atoms. The van der Waals surface area contributed by atoms with Crippen LogP contribution in [0.15, 0.2) is 30.3 Å². The van der Waals surface area contributed by atoms with E-state index in [-0.39, 0.29) is 34.8 Å². The topological polar surface area (TPSA) is 85.2 Å². The standard InChI is InChI=1S/C23H28O6/c1-13(2)21-19(25)12-20(26)22(23(21)29-14(3)4)18(24)8-7-15-9-16(27-5)11-17(10-15)28-6/h7-14,25-26H,1-6H3/b8-7+. The van der Waals surface area contributed by atoms with Crippen molar-refractivity contribution in [3.8, 4) is 28.7 Å². The zero-order valence-electron chi connectivity index (χ0n) is 17.6. The predicted molar refractivity (Wildman–Crippen MR) is 113 cm³/mol. The third-order valence-electron chi connectivity index (χ3n) is 4.26. The van der Waals surface area contributed by atoms with Crippen LogP contribution in [0.5, 0.6) is 28.7 Å². The summed E-state index contributed by atoms with van der Waals surface area (Å²) < 4.78 is 16.3. The van der Waals surface area contributed by atoms with E-state index in [1.165, 1.54) is 12.1 Å². The quantitative estimate of drug-likeness (QED) is 0.483. The first-order chi connectivity index (χ1) is 13.7. The van der Waals surface area contributed by atoms with Gasteiger partial charge in [-0.1, -0.05) is 19.9 Å². The normalized spacial score (nSPS) is 11.3. The van der Waals surface area contributed by atoms with Crippen LogP contribution in [-0.4, -0.2) is 36.3 Å². The fraction of sp³-hybridized carbons (Fsp3) is 0.348. The number of phenolic OH excluding ortho intramolecular Hbond substituents is 2. The summed E-state index contributed by atoms with van der Waals surface area (Å²) in [5, 5.41) is 20.7. The van der Waals surface area contributed by atoms with Gasteiger partial charge in [0, 0.05) is 17.7 Å². The van der Waals surface area contributed by atoms with E-state index in [1.807, 2.05) is 27.7 Å². The highest BCUT2D eigenvalue weighted by Crippen LogP contribution is 2.43. The number of hydrogen-bond acceptors (Lipinski definition) is 6. The molecule has 2 aromatic carbocycles. The van der Waals surface area contributed by atoms with Crippen molar-refractivity contribution in [2.75, 3.05) is 14.2 Å². The predicted octanol–water partition coefficient (Wildman–Crippen LogP) is 4.92. The molecular formula is C23H28O6. The highest BCUT2D eigenvalue weighted by Gasteiger charge is 2.25. The van der Waals surface area contributed by atoms with Gasteiger partial charge in [-0.15, -0.1) is 0 Å². The monoisotopic (exact) mass is 400 g/mol. The van der Waals surface area contributed by atoms with Crippen molar-refractivity contribution in [1.82, 2.24) is 0 Å². The maximum absolute atomic E-state index is 13.0. The number of allylic oxidation sites excluding steroid dienone is 1. The average molecular weight is 400 g/mol. The molecule has 0 aromatic heterocycles. The Morgan fingerprint density at radius 1 is 0.931 bits per heavy atom. The second-order valence-corrected chi connectivity index (χ2v) is 7.20. The largest absolute Gasteiger partial charge is 0.507 e. The van der Waals surface area contributed by atoms with Crippen molar-refractivity contribution >= 4 is 11.9 Å². The van der Waals surface area contributed by atoms with E-state index in [2.05, 4.69) is 0 Å². The summed E-state index contributed by atoms with van der Waals surface area (Å²) >= 11 is 0. The zero-order valence-corrected chi connectivity index (χ0v) is 17.6. The fourth-order valence-corrected chi connectivity index (χ4v) is 2.98. The molecule has 0 bridgehead atoms. The van der Waals surface area contributed by atoms with Gasteiger partial charge in [0.05, 0.1) is 20.3 Å². The number of carbonyl (C=O) groups excluding carboxylic acids is 1. The van der Waals surface area contributed by atoms with Gasteiger partial charge in [-0.25, -0.2) is 0 Å². The Hall–Kier alpha value is -3.15. The second kappa shape index (κ2) is 9.37. The smallest absolute Gasteiger partial charge is 0.193 e. The fourth-order valence-electron chi connectivity index (χ4n) is 2.98. The zero-order chi connectivity index (χ0) is 21.7. The minimum Gasteiger partial charge on any atom is -0.507 e. The number of rotatable bonds is 8. The lowest BCUT2D eigenvalue weighted by Crippen LogP contribution is -2.12. The van der Waals surface area contributed by atoms with Crippen molar-refractivity contribution < 1.29 is 29.2 Å². The molecule has 0 saturated carbocycles. The summed E-state index contributed by atoms with van der Waals surface area (Å²) in [6.07, 6.45) is 2.71. The van der Waals surface area contributed by atoms with Crippen LogP contribution in [0.4, 0.5) is 0 Å². The van der Waals surface area contributed by atoms with E-state index in [9.17, 15) is 15.0 Å². The number of ether oxygens (including phenoxy) is 3. The maximum atomic E-state index is 13.0. The first kappa shape index (κ1) is 22.1. The Balaban J connectivity index is 2.52. The van der Waals surface area contributed by atoms with Gasteiger partial charge in [0.15, 0.2) is 5.78 Å². The van der Waals surface area contributed by atoms with E-state index in [0.717, 1.165) is 0 Å². The molecule has 6 nitrogen and oxygen atoms in total. The van der Waals surface area contributed by atoms with Crippen molar-refractivity contribution in [1.29, 1.82) is 0 Å². The summed E-state index contributed by atoms with van der Waals surface area (Å²) in [5.41, 5.74) is 1.20. The van der Waals surface area contributed by atoms with E-state index in [4.69, 9.17) is 14.2 Å². The van der Waals surface area contributed by atoms with Crippen molar-refractivity contribution in [3.63, 3.8) is 0 Å². The molecule has 6 heteroatoms. The Morgan fingerprint density at radius 2 is 1.52 bits per heavy atom.